The summed E-state index contributed by atoms with van der Waals surface area (Å²) in [7, 11) is 0. The topological polar surface area (TPSA) is 39.4 Å². The summed E-state index contributed by atoms with van der Waals surface area (Å²) in [5.74, 6) is 1.92. The third-order valence-electron chi connectivity index (χ3n) is 3.90. The molecule has 0 aliphatic rings. The zero-order valence-electron chi connectivity index (χ0n) is 13.9. The smallest absolute Gasteiger partial charge is 0.185 e. The quantitative estimate of drug-likeness (QED) is 0.383. The van der Waals surface area contributed by atoms with Gasteiger partial charge >= 0.3 is 0 Å². The summed E-state index contributed by atoms with van der Waals surface area (Å²) >= 11 is 0. The molecular weight excluding hydrogens is 288 g/mol. The zero-order valence-corrected chi connectivity index (χ0v) is 13.9. The van der Waals surface area contributed by atoms with Gasteiger partial charge in [-0.3, -0.25) is 4.79 Å². The van der Waals surface area contributed by atoms with Crippen molar-refractivity contribution in [2.24, 2.45) is 0 Å². The number of benzene rings is 1. The predicted molar refractivity (Wildman–Crippen MR) is 93.0 cm³/mol. The molecule has 3 nitrogen and oxygen atoms in total. The van der Waals surface area contributed by atoms with E-state index in [4.69, 9.17) is 9.15 Å². The molecule has 0 aliphatic carbocycles. The van der Waals surface area contributed by atoms with Crippen LogP contribution in [0.3, 0.4) is 0 Å². The predicted octanol–water partition coefficient (Wildman–Crippen LogP) is 5.89. The molecule has 0 unspecified atom stereocenters. The lowest BCUT2D eigenvalue weighted by Gasteiger charge is -2.06. The average molecular weight is 314 g/mol. The van der Waals surface area contributed by atoms with Crippen LogP contribution >= 0.6 is 0 Å². The number of aldehydes is 1. The Kier molecular flexibility index (Phi) is 7.44. The van der Waals surface area contributed by atoms with Crippen LogP contribution in [0, 0.1) is 0 Å². The molecule has 3 heteroatoms. The van der Waals surface area contributed by atoms with Gasteiger partial charge in [0.2, 0.25) is 0 Å². The van der Waals surface area contributed by atoms with Gasteiger partial charge in [0.1, 0.15) is 11.5 Å². The number of unbranched alkanes of at least 4 members (excludes halogenated alkanes) is 6. The minimum Gasteiger partial charge on any atom is -0.494 e. The molecule has 1 aromatic heterocycles. The molecule has 2 aromatic rings. The Hall–Kier alpha value is -2.03. The van der Waals surface area contributed by atoms with Crippen molar-refractivity contribution >= 4 is 6.29 Å². The van der Waals surface area contributed by atoms with Crippen LogP contribution in [0.5, 0.6) is 5.75 Å². The van der Waals surface area contributed by atoms with Gasteiger partial charge in [-0.2, -0.15) is 0 Å². The van der Waals surface area contributed by atoms with Crippen molar-refractivity contribution in [1.82, 2.24) is 0 Å². The zero-order chi connectivity index (χ0) is 16.3. The van der Waals surface area contributed by atoms with Crippen LogP contribution in [-0.2, 0) is 0 Å². The Morgan fingerprint density at radius 3 is 2.26 bits per heavy atom. The third kappa shape index (κ3) is 5.93. The van der Waals surface area contributed by atoms with Gasteiger partial charge in [0.15, 0.2) is 12.0 Å². The van der Waals surface area contributed by atoms with Crippen molar-refractivity contribution in [2.45, 2.75) is 51.9 Å². The van der Waals surface area contributed by atoms with Crippen LogP contribution in [0.2, 0.25) is 0 Å². The van der Waals surface area contributed by atoms with E-state index in [9.17, 15) is 4.79 Å². The summed E-state index contributed by atoms with van der Waals surface area (Å²) in [5, 5.41) is 0. The molecule has 0 amide bonds. The van der Waals surface area contributed by atoms with E-state index in [2.05, 4.69) is 6.92 Å². The molecule has 124 valence electrons. The van der Waals surface area contributed by atoms with Crippen LogP contribution in [0.15, 0.2) is 40.8 Å². The Bertz CT molecular complexity index is 569. The minimum atomic E-state index is 0.347. The maximum absolute atomic E-state index is 10.6. The maximum atomic E-state index is 10.6. The first kappa shape index (κ1) is 17.3. The molecular formula is C20H26O3. The van der Waals surface area contributed by atoms with E-state index in [0.717, 1.165) is 24.3 Å². The number of rotatable bonds is 11. The fraction of sp³-hybridized carbons (Fsp3) is 0.450. The first-order valence-corrected chi connectivity index (χ1v) is 8.61. The lowest BCUT2D eigenvalue weighted by Crippen LogP contribution is -1.97. The van der Waals surface area contributed by atoms with E-state index in [0.29, 0.717) is 17.8 Å². The molecule has 1 aromatic carbocycles. The summed E-state index contributed by atoms with van der Waals surface area (Å²) in [5.41, 5.74) is 0.946. The summed E-state index contributed by atoms with van der Waals surface area (Å²) in [6, 6.07) is 11.3. The van der Waals surface area contributed by atoms with E-state index in [1.807, 2.05) is 24.3 Å². The Morgan fingerprint density at radius 1 is 0.913 bits per heavy atom. The molecule has 0 saturated heterocycles. The van der Waals surface area contributed by atoms with Crippen molar-refractivity contribution < 1.29 is 13.9 Å². The fourth-order valence-electron chi connectivity index (χ4n) is 2.54. The van der Waals surface area contributed by atoms with Crippen LogP contribution in [-0.4, -0.2) is 12.9 Å². The Morgan fingerprint density at radius 2 is 1.61 bits per heavy atom. The second-order valence-electron chi connectivity index (χ2n) is 5.81. The highest BCUT2D eigenvalue weighted by atomic mass is 16.5. The van der Waals surface area contributed by atoms with Gasteiger partial charge in [0.25, 0.3) is 0 Å². The molecule has 0 N–H and O–H groups in total. The number of hydrogen-bond acceptors (Lipinski definition) is 3. The van der Waals surface area contributed by atoms with Crippen molar-refractivity contribution in [3.8, 4) is 17.1 Å². The van der Waals surface area contributed by atoms with E-state index in [-0.39, 0.29) is 0 Å². The number of furan rings is 1. The van der Waals surface area contributed by atoms with Gasteiger partial charge in [0, 0.05) is 5.56 Å². The third-order valence-corrected chi connectivity index (χ3v) is 3.90. The highest BCUT2D eigenvalue weighted by Crippen LogP contribution is 2.24. The summed E-state index contributed by atoms with van der Waals surface area (Å²) < 4.78 is 11.2. The van der Waals surface area contributed by atoms with E-state index < -0.39 is 0 Å². The molecule has 0 bridgehead atoms. The van der Waals surface area contributed by atoms with Gasteiger partial charge in [0.05, 0.1) is 6.61 Å². The van der Waals surface area contributed by atoms with Gasteiger partial charge in [-0.15, -0.1) is 0 Å². The highest BCUT2D eigenvalue weighted by molar-refractivity contribution is 5.72. The Labute approximate surface area is 138 Å². The summed E-state index contributed by atoms with van der Waals surface area (Å²) in [4.78, 5) is 10.6. The van der Waals surface area contributed by atoms with Gasteiger partial charge in [-0.25, -0.2) is 0 Å². The van der Waals surface area contributed by atoms with Crippen LogP contribution in [0.4, 0.5) is 0 Å². The van der Waals surface area contributed by atoms with Gasteiger partial charge in [-0.05, 0) is 42.8 Å². The molecule has 2 rings (SSSR count). The first-order valence-electron chi connectivity index (χ1n) is 8.61. The normalized spacial score (nSPS) is 10.7. The molecule has 0 atom stereocenters. The summed E-state index contributed by atoms with van der Waals surface area (Å²) in [6.07, 6.45) is 9.72. The van der Waals surface area contributed by atoms with Crippen LogP contribution in [0.25, 0.3) is 11.3 Å². The lowest BCUT2D eigenvalue weighted by atomic mass is 10.1. The van der Waals surface area contributed by atoms with Crippen molar-refractivity contribution in [2.75, 3.05) is 6.61 Å². The minimum absolute atomic E-state index is 0.347. The van der Waals surface area contributed by atoms with Crippen molar-refractivity contribution in [1.29, 1.82) is 0 Å². The molecule has 1 heterocycles. The number of hydrogen-bond donors (Lipinski definition) is 0. The molecule has 0 radical (unpaired) electrons. The summed E-state index contributed by atoms with van der Waals surface area (Å²) in [6.45, 7) is 3.01. The second-order valence-corrected chi connectivity index (χ2v) is 5.81. The number of carbonyl (C=O) groups is 1. The molecule has 0 fully saturated rings. The van der Waals surface area contributed by atoms with E-state index in [1.54, 1.807) is 12.1 Å². The molecule has 23 heavy (non-hydrogen) atoms. The van der Waals surface area contributed by atoms with E-state index >= 15 is 0 Å². The van der Waals surface area contributed by atoms with Gasteiger partial charge in [-0.1, -0.05) is 45.4 Å². The SMILES string of the molecule is CCCCCCCCCOc1ccc(-c2ccc(C=O)o2)cc1. The first-order chi connectivity index (χ1) is 11.3. The highest BCUT2D eigenvalue weighted by Gasteiger charge is 2.04. The van der Waals surface area contributed by atoms with Crippen molar-refractivity contribution in [3.63, 3.8) is 0 Å². The number of carbonyl (C=O) groups excluding carboxylic acids is 1. The maximum Gasteiger partial charge on any atom is 0.185 e. The monoisotopic (exact) mass is 314 g/mol. The standard InChI is InChI=1S/C20H26O3/c1-2-3-4-5-6-7-8-15-22-18-11-9-17(10-12-18)20-14-13-19(16-21)23-20/h9-14,16H,2-8,15H2,1H3. The average Bonchev–Trinajstić information content (AvgIpc) is 3.07. The van der Waals surface area contributed by atoms with Crippen LogP contribution in [0.1, 0.15) is 62.4 Å². The fourth-order valence-corrected chi connectivity index (χ4v) is 2.54. The van der Waals surface area contributed by atoms with E-state index in [1.165, 1.54) is 38.5 Å². The molecule has 0 saturated carbocycles. The second kappa shape index (κ2) is 9.88. The largest absolute Gasteiger partial charge is 0.494 e. The molecule has 0 aliphatic heterocycles. The van der Waals surface area contributed by atoms with Gasteiger partial charge < -0.3 is 9.15 Å². The van der Waals surface area contributed by atoms with Crippen molar-refractivity contribution in [3.05, 3.63) is 42.2 Å². The van der Waals surface area contributed by atoms with Crippen LogP contribution < -0.4 is 4.74 Å². The molecule has 0 spiro atoms. The Balaban J connectivity index is 1.68. The number of ether oxygens (including phenoxy) is 1. The lowest BCUT2D eigenvalue weighted by molar-refractivity contribution is 0.110.